The van der Waals surface area contributed by atoms with E-state index in [1.807, 2.05) is 0 Å². The number of hydrogen-bond donors (Lipinski definition) is 0. The molecule has 0 N–H and O–H groups in total. The van der Waals surface area contributed by atoms with Crippen LogP contribution >= 0.6 is 0 Å². The van der Waals surface area contributed by atoms with E-state index < -0.39 is 0 Å². The highest BCUT2D eigenvalue weighted by Crippen LogP contribution is 2.36. The molecule has 0 fully saturated rings. The fraction of sp³-hybridized carbons (Fsp3) is 1.00. The third kappa shape index (κ3) is 6.55. The van der Waals surface area contributed by atoms with Gasteiger partial charge < -0.3 is 0 Å². The zero-order valence-electron chi connectivity index (χ0n) is 12.4. The zero-order chi connectivity index (χ0) is 12.4. The second kappa shape index (κ2) is 9.07. The summed E-state index contributed by atoms with van der Waals surface area (Å²) in [6, 6.07) is 0. The zero-order valence-corrected chi connectivity index (χ0v) is 12.4. The van der Waals surface area contributed by atoms with Gasteiger partial charge in [0.2, 0.25) is 0 Å². The van der Waals surface area contributed by atoms with E-state index in [0.29, 0.717) is 5.41 Å². The lowest BCUT2D eigenvalue weighted by Gasteiger charge is -2.32. The number of unbranched alkanes of at least 4 members (excludes halogenated alkanes) is 6. The Kier molecular flexibility index (Phi) is 9.07. The third-order valence-electron chi connectivity index (χ3n) is 4.55. The van der Waals surface area contributed by atoms with E-state index >= 15 is 0 Å². The Morgan fingerprint density at radius 1 is 0.812 bits per heavy atom. The van der Waals surface area contributed by atoms with Crippen molar-refractivity contribution in [3.8, 4) is 0 Å². The van der Waals surface area contributed by atoms with E-state index in [4.69, 9.17) is 0 Å². The van der Waals surface area contributed by atoms with Crippen LogP contribution in [0.2, 0.25) is 0 Å². The fourth-order valence-corrected chi connectivity index (χ4v) is 2.36. The molecule has 1 unspecified atom stereocenters. The van der Waals surface area contributed by atoms with Crippen LogP contribution in [0.5, 0.6) is 0 Å². The molecule has 0 aliphatic heterocycles. The van der Waals surface area contributed by atoms with Crippen molar-refractivity contribution < 1.29 is 0 Å². The lowest BCUT2D eigenvalue weighted by atomic mass is 9.73. The molecule has 0 aliphatic rings. The van der Waals surface area contributed by atoms with Crippen LogP contribution in [0.25, 0.3) is 0 Å². The second-order valence-corrected chi connectivity index (χ2v) is 6.03. The highest BCUT2D eigenvalue weighted by Gasteiger charge is 2.25. The van der Waals surface area contributed by atoms with Gasteiger partial charge >= 0.3 is 0 Å². The Hall–Kier alpha value is 0. The Labute approximate surface area is 104 Å². The maximum atomic E-state index is 2.47. The molecular formula is C16H34. The Balaban J connectivity index is 3.49. The molecule has 16 heavy (non-hydrogen) atoms. The molecule has 0 aromatic carbocycles. The predicted molar refractivity (Wildman–Crippen MR) is 75.8 cm³/mol. The first-order chi connectivity index (χ1) is 7.56. The van der Waals surface area contributed by atoms with Crippen molar-refractivity contribution in [2.24, 2.45) is 11.3 Å². The first-order valence-corrected chi connectivity index (χ1v) is 7.56. The maximum Gasteiger partial charge on any atom is -0.0305 e. The molecule has 0 heteroatoms. The molecule has 98 valence electrons. The summed E-state index contributed by atoms with van der Waals surface area (Å²) in [5.74, 6) is 0.831. The van der Waals surface area contributed by atoms with Crippen molar-refractivity contribution in [2.75, 3.05) is 0 Å². The van der Waals surface area contributed by atoms with Crippen molar-refractivity contribution in [1.82, 2.24) is 0 Å². The largest absolute Gasteiger partial charge is 0.0654 e. The van der Waals surface area contributed by atoms with Crippen LogP contribution in [0.1, 0.15) is 92.4 Å². The standard InChI is InChI=1S/C16H34/c1-6-8-9-10-11-12-13-14-16(5,7-2)15(3)4/h15H,6-14H2,1-5H3. The van der Waals surface area contributed by atoms with Crippen molar-refractivity contribution in [1.29, 1.82) is 0 Å². The number of hydrogen-bond acceptors (Lipinski definition) is 0. The topological polar surface area (TPSA) is 0 Å². The molecule has 1 atom stereocenters. The van der Waals surface area contributed by atoms with Gasteiger partial charge in [0.15, 0.2) is 0 Å². The highest BCUT2D eigenvalue weighted by molar-refractivity contribution is 4.75. The van der Waals surface area contributed by atoms with Gasteiger partial charge in [-0.1, -0.05) is 86.0 Å². The first kappa shape index (κ1) is 16.0. The summed E-state index contributed by atoms with van der Waals surface area (Å²) in [4.78, 5) is 0. The minimum atomic E-state index is 0.587. The second-order valence-electron chi connectivity index (χ2n) is 6.03. The first-order valence-electron chi connectivity index (χ1n) is 7.56. The summed E-state index contributed by atoms with van der Waals surface area (Å²) < 4.78 is 0. The van der Waals surface area contributed by atoms with Crippen molar-refractivity contribution in [3.05, 3.63) is 0 Å². The predicted octanol–water partition coefficient (Wildman–Crippen LogP) is 6.20. The molecule has 0 saturated heterocycles. The average Bonchev–Trinajstić information content (AvgIpc) is 2.27. The normalized spacial score (nSPS) is 15.4. The van der Waals surface area contributed by atoms with Crippen LogP contribution < -0.4 is 0 Å². The summed E-state index contributed by atoms with van der Waals surface area (Å²) in [6.07, 6.45) is 12.8. The molecule has 0 heterocycles. The van der Waals surface area contributed by atoms with Crippen LogP contribution in [0, 0.1) is 11.3 Å². The van der Waals surface area contributed by atoms with Gasteiger partial charge in [-0.2, -0.15) is 0 Å². The molecule has 0 saturated carbocycles. The Bertz CT molecular complexity index is 148. The van der Waals surface area contributed by atoms with E-state index in [1.54, 1.807) is 0 Å². The van der Waals surface area contributed by atoms with Gasteiger partial charge in [0.05, 0.1) is 0 Å². The van der Waals surface area contributed by atoms with Crippen LogP contribution in [-0.4, -0.2) is 0 Å². The third-order valence-corrected chi connectivity index (χ3v) is 4.55. The van der Waals surface area contributed by atoms with Gasteiger partial charge in [-0.05, 0) is 17.8 Å². The quantitative estimate of drug-likeness (QED) is 0.389. The monoisotopic (exact) mass is 226 g/mol. The average molecular weight is 226 g/mol. The van der Waals surface area contributed by atoms with Gasteiger partial charge in [-0.25, -0.2) is 0 Å². The Morgan fingerprint density at radius 3 is 1.75 bits per heavy atom. The minimum absolute atomic E-state index is 0.587. The van der Waals surface area contributed by atoms with Crippen molar-refractivity contribution >= 4 is 0 Å². The van der Waals surface area contributed by atoms with E-state index in [9.17, 15) is 0 Å². The molecule has 0 aliphatic carbocycles. The van der Waals surface area contributed by atoms with Crippen LogP contribution in [0.4, 0.5) is 0 Å². The van der Waals surface area contributed by atoms with Crippen molar-refractivity contribution in [2.45, 2.75) is 92.4 Å². The SMILES string of the molecule is CCCCCCCCCC(C)(CC)C(C)C. The lowest BCUT2D eigenvalue weighted by molar-refractivity contribution is 0.183. The Morgan fingerprint density at radius 2 is 1.31 bits per heavy atom. The van der Waals surface area contributed by atoms with Gasteiger partial charge in [-0.3, -0.25) is 0 Å². The summed E-state index contributed by atoms with van der Waals surface area (Å²) in [6.45, 7) is 11.9. The van der Waals surface area contributed by atoms with E-state index in [2.05, 4.69) is 34.6 Å². The number of rotatable bonds is 10. The van der Waals surface area contributed by atoms with E-state index in [1.165, 1.54) is 57.8 Å². The summed E-state index contributed by atoms with van der Waals surface area (Å²) in [5, 5.41) is 0. The van der Waals surface area contributed by atoms with Crippen molar-refractivity contribution in [3.63, 3.8) is 0 Å². The molecule has 0 spiro atoms. The summed E-state index contributed by atoms with van der Waals surface area (Å²) in [7, 11) is 0. The van der Waals surface area contributed by atoms with Crippen LogP contribution in [-0.2, 0) is 0 Å². The van der Waals surface area contributed by atoms with Gasteiger partial charge in [-0.15, -0.1) is 0 Å². The van der Waals surface area contributed by atoms with Gasteiger partial charge in [0.25, 0.3) is 0 Å². The fourth-order valence-electron chi connectivity index (χ4n) is 2.36. The molecule has 0 aromatic heterocycles. The minimum Gasteiger partial charge on any atom is -0.0654 e. The van der Waals surface area contributed by atoms with Gasteiger partial charge in [0.1, 0.15) is 0 Å². The van der Waals surface area contributed by atoms with E-state index in [0.717, 1.165) is 5.92 Å². The molecule has 0 amide bonds. The molecule has 0 nitrogen and oxygen atoms in total. The van der Waals surface area contributed by atoms with Gasteiger partial charge in [0, 0.05) is 0 Å². The van der Waals surface area contributed by atoms with Crippen LogP contribution in [0.3, 0.4) is 0 Å². The molecule has 0 rings (SSSR count). The smallest absolute Gasteiger partial charge is 0.0305 e. The lowest BCUT2D eigenvalue weighted by Crippen LogP contribution is -2.22. The van der Waals surface area contributed by atoms with Crippen LogP contribution in [0.15, 0.2) is 0 Å². The summed E-state index contributed by atoms with van der Waals surface area (Å²) in [5.41, 5.74) is 0.587. The molecule has 0 aromatic rings. The maximum absolute atomic E-state index is 2.47. The van der Waals surface area contributed by atoms with E-state index in [-0.39, 0.29) is 0 Å². The molecule has 0 bridgehead atoms. The summed E-state index contributed by atoms with van der Waals surface area (Å²) >= 11 is 0. The molecule has 0 radical (unpaired) electrons. The highest BCUT2D eigenvalue weighted by atomic mass is 14.3. The molecular weight excluding hydrogens is 192 g/mol.